The number of hydrogen-bond acceptors (Lipinski definition) is 3. The molecule has 0 spiro atoms. The molecule has 4 rings (SSSR count). The average Bonchev–Trinajstić information content (AvgIpc) is 3.04. The van der Waals surface area contributed by atoms with E-state index in [4.69, 9.17) is 0 Å². The van der Waals surface area contributed by atoms with Crippen LogP contribution in [0.3, 0.4) is 0 Å². The largest absolute Gasteiger partial charge is 0.433 e. The molecule has 140 valence electrons. The monoisotopic (exact) mass is 438 g/mol. The second kappa shape index (κ2) is 6.63. The number of amides is 1. The molecule has 2 aromatic heterocycles. The lowest BCUT2D eigenvalue weighted by Crippen LogP contribution is -2.21. The maximum absolute atomic E-state index is 13.7. The van der Waals surface area contributed by atoms with Crippen LogP contribution in [0.2, 0.25) is 0 Å². The van der Waals surface area contributed by atoms with E-state index in [0.717, 1.165) is 15.4 Å². The second-order valence-corrected chi connectivity index (χ2v) is 7.27. The predicted molar refractivity (Wildman–Crippen MR) is 96.7 cm³/mol. The van der Waals surface area contributed by atoms with Crippen molar-refractivity contribution in [1.82, 2.24) is 14.6 Å². The lowest BCUT2D eigenvalue weighted by Gasteiger charge is -2.20. The highest BCUT2D eigenvalue weighted by molar-refractivity contribution is 9.10. The van der Waals surface area contributed by atoms with Gasteiger partial charge in [0.15, 0.2) is 17.0 Å². The molecule has 9 heteroatoms. The molecule has 27 heavy (non-hydrogen) atoms. The summed E-state index contributed by atoms with van der Waals surface area (Å²) in [4.78, 5) is 16.8. The van der Waals surface area contributed by atoms with E-state index in [9.17, 15) is 18.0 Å². The zero-order chi connectivity index (χ0) is 19.2. The molecule has 0 fully saturated rings. The number of carbonyl (C=O) groups excluding carboxylic acids is 1. The number of aromatic nitrogens is 3. The van der Waals surface area contributed by atoms with Crippen molar-refractivity contribution in [3.05, 3.63) is 57.4 Å². The minimum Gasteiger partial charge on any atom is -0.321 e. The minimum absolute atomic E-state index is 0.0314. The third-order valence-electron chi connectivity index (χ3n) is 4.48. The van der Waals surface area contributed by atoms with Gasteiger partial charge in [-0.2, -0.15) is 18.3 Å². The molecule has 1 aliphatic rings. The first kappa shape index (κ1) is 18.0. The molecular weight excluding hydrogens is 425 g/mol. The zero-order valence-electron chi connectivity index (χ0n) is 14.0. The van der Waals surface area contributed by atoms with Crippen molar-refractivity contribution in [3.63, 3.8) is 0 Å². The van der Waals surface area contributed by atoms with Gasteiger partial charge in [-0.25, -0.2) is 9.50 Å². The van der Waals surface area contributed by atoms with Crippen molar-refractivity contribution in [3.8, 4) is 0 Å². The molecular formula is C18H14BrF3N4O. The summed E-state index contributed by atoms with van der Waals surface area (Å²) in [6, 6.07) is 8.14. The van der Waals surface area contributed by atoms with Gasteiger partial charge in [0.25, 0.3) is 5.91 Å². The Hall–Kier alpha value is -2.42. The number of halogens is 4. The standard InChI is InChI=1S/C18H14BrF3N4O/c19-10-5-7-11(8-6-10)23-17(27)14-9-15-24-13-4-2-1-3-12(13)16(18(20,21)22)26(15)25-14/h5-9H,1-4H2,(H,23,27). The Morgan fingerprint density at radius 3 is 2.56 bits per heavy atom. The minimum atomic E-state index is -4.58. The van der Waals surface area contributed by atoms with Crippen LogP contribution in [0, 0.1) is 0 Å². The summed E-state index contributed by atoms with van der Waals surface area (Å²) in [5.41, 5.74) is 0.237. The Balaban J connectivity index is 1.77. The van der Waals surface area contributed by atoms with Crippen molar-refractivity contribution in [1.29, 1.82) is 0 Å². The number of aryl methyl sites for hydroxylation is 1. The highest BCUT2D eigenvalue weighted by Gasteiger charge is 2.39. The Labute approximate surface area is 160 Å². The van der Waals surface area contributed by atoms with Crippen molar-refractivity contribution in [2.24, 2.45) is 0 Å². The number of anilines is 1. The Morgan fingerprint density at radius 1 is 1.15 bits per heavy atom. The predicted octanol–water partition coefficient (Wildman–Crippen LogP) is 4.64. The van der Waals surface area contributed by atoms with Gasteiger partial charge in [0.1, 0.15) is 0 Å². The quantitative estimate of drug-likeness (QED) is 0.633. The number of fused-ring (bicyclic) bond motifs is 2. The average molecular weight is 439 g/mol. The van der Waals surface area contributed by atoms with E-state index in [1.54, 1.807) is 24.3 Å². The first-order valence-corrected chi connectivity index (χ1v) is 9.18. The fourth-order valence-corrected chi connectivity index (χ4v) is 3.54. The molecule has 5 nitrogen and oxygen atoms in total. The number of hydrogen-bond donors (Lipinski definition) is 1. The molecule has 0 bridgehead atoms. The zero-order valence-corrected chi connectivity index (χ0v) is 15.6. The summed E-state index contributed by atoms with van der Waals surface area (Å²) < 4.78 is 42.7. The van der Waals surface area contributed by atoms with Crippen LogP contribution in [0.5, 0.6) is 0 Å². The van der Waals surface area contributed by atoms with Gasteiger partial charge in [-0.05, 0) is 49.9 Å². The summed E-state index contributed by atoms with van der Waals surface area (Å²) in [6.45, 7) is 0. The fraction of sp³-hybridized carbons (Fsp3) is 0.278. The number of alkyl halides is 3. The Kier molecular flexibility index (Phi) is 4.41. The lowest BCUT2D eigenvalue weighted by molar-refractivity contribution is -0.143. The summed E-state index contributed by atoms with van der Waals surface area (Å²) in [5.74, 6) is -0.589. The first-order chi connectivity index (χ1) is 12.8. The molecule has 0 saturated heterocycles. The van der Waals surface area contributed by atoms with Crippen LogP contribution >= 0.6 is 15.9 Å². The molecule has 0 aliphatic heterocycles. The van der Waals surface area contributed by atoms with Crippen LogP contribution in [0.15, 0.2) is 34.8 Å². The third kappa shape index (κ3) is 3.43. The van der Waals surface area contributed by atoms with Crippen molar-refractivity contribution < 1.29 is 18.0 Å². The SMILES string of the molecule is O=C(Nc1ccc(Br)cc1)c1cc2nc3c(c(C(F)(F)F)n2n1)CCCC3. The Bertz CT molecular complexity index is 1030. The van der Waals surface area contributed by atoms with E-state index in [0.29, 0.717) is 30.6 Å². The topological polar surface area (TPSA) is 59.3 Å². The molecule has 0 atom stereocenters. The van der Waals surface area contributed by atoms with E-state index in [-0.39, 0.29) is 16.9 Å². The van der Waals surface area contributed by atoms with Crippen LogP contribution < -0.4 is 5.32 Å². The van der Waals surface area contributed by atoms with Gasteiger partial charge in [-0.1, -0.05) is 15.9 Å². The van der Waals surface area contributed by atoms with E-state index in [1.807, 2.05) is 0 Å². The van der Waals surface area contributed by atoms with Crippen LogP contribution in [0.4, 0.5) is 18.9 Å². The molecule has 0 saturated carbocycles. The van der Waals surface area contributed by atoms with E-state index in [1.165, 1.54) is 6.07 Å². The van der Waals surface area contributed by atoms with Gasteiger partial charge in [-0.3, -0.25) is 4.79 Å². The van der Waals surface area contributed by atoms with Crippen molar-refractivity contribution in [2.45, 2.75) is 31.9 Å². The van der Waals surface area contributed by atoms with E-state index < -0.39 is 17.8 Å². The second-order valence-electron chi connectivity index (χ2n) is 6.35. The van der Waals surface area contributed by atoms with E-state index >= 15 is 0 Å². The van der Waals surface area contributed by atoms with Crippen molar-refractivity contribution in [2.75, 3.05) is 5.32 Å². The number of benzene rings is 1. The summed E-state index contributed by atoms with van der Waals surface area (Å²) in [6.07, 6.45) is -2.28. The van der Waals surface area contributed by atoms with Gasteiger partial charge in [0.05, 0.1) is 0 Å². The molecule has 2 heterocycles. The van der Waals surface area contributed by atoms with Crippen LogP contribution in [0.1, 0.15) is 40.3 Å². The molecule has 1 amide bonds. The molecule has 0 unspecified atom stereocenters. The third-order valence-corrected chi connectivity index (χ3v) is 5.01. The molecule has 1 aromatic carbocycles. The Morgan fingerprint density at radius 2 is 1.85 bits per heavy atom. The molecule has 1 aliphatic carbocycles. The summed E-state index contributed by atoms with van der Waals surface area (Å²) in [7, 11) is 0. The van der Waals surface area contributed by atoms with Crippen LogP contribution in [0.25, 0.3) is 5.65 Å². The fourth-order valence-electron chi connectivity index (χ4n) is 3.28. The smallest absolute Gasteiger partial charge is 0.321 e. The van der Waals surface area contributed by atoms with Gasteiger partial charge < -0.3 is 5.32 Å². The first-order valence-electron chi connectivity index (χ1n) is 8.38. The van der Waals surface area contributed by atoms with Crippen LogP contribution in [-0.4, -0.2) is 20.5 Å². The van der Waals surface area contributed by atoms with Gasteiger partial charge in [0, 0.05) is 27.5 Å². The number of rotatable bonds is 2. The van der Waals surface area contributed by atoms with Gasteiger partial charge in [0.2, 0.25) is 0 Å². The summed E-state index contributed by atoms with van der Waals surface area (Å²) >= 11 is 3.30. The normalized spacial score (nSPS) is 14.2. The molecule has 1 N–H and O–H groups in total. The van der Waals surface area contributed by atoms with Gasteiger partial charge in [-0.15, -0.1) is 0 Å². The number of nitrogens with zero attached hydrogens (tertiary/aromatic N) is 3. The molecule has 0 radical (unpaired) electrons. The number of carbonyl (C=O) groups is 1. The summed E-state index contributed by atoms with van der Waals surface area (Å²) in [5, 5.41) is 6.54. The highest BCUT2D eigenvalue weighted by atomic mass is 79.9. The maximum Gasteiger partial charge on any atom is 0.433 e. The van der Waals surface area contributed by atoms with E-state index in [2.05, 4.69) is 31.3 Å². The maximum atomic E-state index is 13.7. The highest BCUT2D eigenvalue weighted by Crippen LogP contribution is 2.36. The lowest BCUT2D eigenvalue weighted by atomic mass is 9.94. The number of nitrogens with one attached hydrogen (secondary N) is 1. The van der Waals surface area contributed by atoms with Gasteiger partial charge >= 0.3 is 6.18 Å². The van der Waals surface area contributed by atoms with Crippen molar-refractivity contribution >= 4 is 33.2 Å². The molecule has 3 aromatic rings. The van der Waals surface area contributed by atoms with Crippen LogP contribution in [-0.2, 0) is 19.0 Å².